The Bertz CT molecular complexity index is 601. The third-order valence-corrected chi connectivity index (χ3v) is 3.98. The van der Waals surface area contributed by atoms with E-state index in [4.69, 9.17) is 9.47 Å². The molecule has 5 nitrogen and oxygen atoms in total. The highest BCUT2D eigenvalue weighted by molar-refractivity contribution is 14.1. The zero-order valence-electron chi connectivity index (χ0n) is 11.6. The molecule has 1 heterocycles. The van der Waals surface area contributed by atoms with Gasteiger partial charge in [0, 0.05) is 13.1 Å². The van der Waals surface area contributed by atoms with Crippen molar-refractivity contribution in [3.63, 3.8) is 0 Å². The van der Waals surface area contributed by atoms with Crippen LogP contribution in [0.15, 0.2) is 23.8 Å². The van der Waals surface area contributed by atoms with Crippen LogP contribution in [0.1, 0.15) is 5.56 Å². The zero-order valence-corrected chi connectivity index (χ0v) is 13.8. The van der Waals surface area contributed by atoms with Crippen molar-refractivity contribution in [2.45, 2.75) is 0 Å². The van der Waals surface area contributed by atoms with E-state index in [9.17, 15) is 10.1 Å². The normalized spacial score (nSPS) is 15.5. The summed E-state index contributed by atoms with van der Waals surface area (Å²) >= 11 is 2.16. The van der Waals surface area contributed by atoms with E-state index in [-0.39, 0.29) is 11.5 Å². The van der Waals surface area contributed by atoms with Gasteiger partial charge in [0.2, 0.25) is 0 Å². The third-order valence-electron chi connectivity index (χ3n) is 3.14. The summed E-state index contributed by atoms with van der Waals surface area (Å²) in [6.45, 7) is 2.09. The van der Waals surface area contributed by atoms with Crippen LogP contribution in [0, 0.1) is 14.9 Å². The maximum absolute atomic E-state index is 12.3. The topological polar surface area (TPSA) is 62.6 Å². The summed E-state index contributed by atoms with van der Waals surface area (Å²) in [6.07, 6.45) is 1.61. The molecule has 0 spiro atoms. The molecule has 2 rings (SSSR count). The number of benzene rings is 1. The second-order valence-corrected chi connectivity index (χ2v) is 5.63. The Morgan fingerprint density at radius 2 is 2.19 bits per heavy atom. The van der Waals surface area contributed by atoms with Gasteiger partial charge in [0.25, 0.3) is 5.91 Å². The molecule has 0 N–H and O–H groups in total. The second kappa shape index (κ2) is 7.43. The average Bonchev–Trinajstić information content (AvgIpc) is 2.53. The van der Waals surface area contributed by atoms with Gasteiger partial charge in [-0.1, -0.05) is 6.07 Å². The minimum absolute atomic E-state index is 0.137. The van der Waals surface area contributed by atoms with Gasteiger partial charge in [-0.3, -0.25) is 4.79 Å². The molecule has 1 amide bonds. The van der Waals surface area contributed by atoms with E-state index in [1.165, 1.54) is 0 Å². The van der Waals surface area contributed by atoms with Crippen molar-refractivity contribution in [1.82, 2.24) is 4.90 Å². The van der Waals surface area contributed by atoms with Gasteiger partial charge in [0.15, 0.2) is 0 Å². The first-order valence-electron chi connectivity index (χ1n) is 6.48. The van der Waals surface area contributed by atoms with E-state index in [1.807, 2.05) is 24.3 Å². The molecular formula is C15H15IN2O3. The lowest BCUT2D eigenvalue weighted by molar-refractivity contribution is -0.130. The highest BCUT2D eigenvalue weighted by Crippen LogP contribution is 2.23. The summed E-state index contributed by atoms with van der Waals surface area (Å²) in [4.78, 5) is 13.9. The highest BCUT2D eigenvalue weighted by Gasteiger charge is 2.20. The number of amides is 1. The maximum Gasteiger partial charge on any atom is 0.264 e. The number of carbonyl (C=O) groups excluding carboxylic acids is 1. The van der Waals surface area contributed by atoms with Crippen molar-refractivity contribution in [2.24, 2.45) is 0 Å². The zero-order chi connectivity index (χ0) is 15.2. The third kappa shape index (κ3) is 3.95. The number of nitrogens with zero attached hydrogens (tertiary/aromatic N) is 2. The Hall–Kier alpha value is -1.59. The van der Waals surface area contributed by atoms with Gasteiger partial charge in [-0.15, -0.1) is 0 Å². The summed E-state index contributed by atoms with van der Waals surface area (Å²) in [5.74, 6) is 0.525. The smallest absolute Gasteiger partial charge is 0.264 e. The van der Waals surface area contributed by atoms with E-state index in [0.717, 1.165) is 14.9 Å². The lowest BCUT2D eigenvalue weighted by Crippen LogP contribution is -2.41. The van der Waals surface area contributed by atoms with Gasteiger partial charge in [-0.2, -0.15) is 5.26 Å². The predicted molar refractivity (Wildman–Crippen MR) is 86.7 cm³/mol. The number of ether oxygens (including phenoxy) is 2. The summed E-state index contributed by atoms with van der Waals surface area (Å²) in [5.41, 5.74) is 0.941. The first kappa shape index (κ1) is 15.8. The lowest BCUT2D eigenvalue weighted by atomic mass is 10.1. The molecule has 1 aliphatic rings. The van der Waals surface area contributed by atoms with Crippen molar-refractivity contribution in [1.29, 1.82) is 5.26 Å². The molecule has 6 heteroatoms. The SMILES string of the molecule is COc1ccc(/C=C(/C#N)C(=O)N2CCOCC2)cc1I. The Morgan fingerprint density at radius 1 is 1.48 bits per heavy atom. The first-order chi connectivity index (χ1) is 10.2. The van der Waals surface area contributed by atoms with Gasteiger partial charge >= 0.3 is 0 Å². The molecule has 0 radical (unpaired) electrons. The van der Waals surface area contributed by atoms with Gasteiger partial charge in [0.05, 0.1) is 23.9 Å². The van der Waals surface area contributed by atoms with Crippen LogP contribution in [-0.2, 0) is 9.53 Å². The predicted octanol–water partition coefficient (Wildman–Crippen LogP) is 2.07. The summed E-state index contributed by atoms with van der Waals surface area (Å²) in [7, 11) is 1.61. The van der Waals surface area contributed by atoms with Gasteiger partial charge < -0.3 is 14.4 Å². The van der Waals surface area contributed by atoms with Crippen LogP contribution in [0.2, 0.25) is 0 Å². The number of rotatable bonds is 3. The van der Waals surface area contributed by atoms with Crippen LogP contribution in [0.5, 0.6) is 5.75 Å². The van der Waals surface area contributed by atoms with Crippen LogP contribution in [0.3, 0.4) is 0 Å². The van der Waals surface area contributed by atoms with Crippen LogP contribution in [-0.4, -0.2) is 44.2 Å². The fraction of sp³-hybridized carbons (Fsp3) is 0.333. The molecule has 0 saturated carbocycles. The van der Waals surface area contributed by atoms with Crippen molar-refractivity contribution < 1.29 is 14.3 Å². The molecule has 21 heavy (non-hydrogen) atoms. The van der Waals surface area contributed by atoms with Gasteiger partial charge in [-0.05, 0) is 46.4 Å². The van der Waals surface area contributed by atoms with E-state index in [2.05, 4.69) is 22.6 Å². The molecule has 0 bridgehead atoms. The number of hydrogen-bond donors (Lipinski definition) is 0. The van der Waals surface area contributed by atoms with E-state index in [1.54, 1.807) is 18.1 Å². The minimum Gasteiger partial charge on any atom is -0.496 e. The Kier molecular flexibility index (Phi) is 5.59. The number of halogens is 1. The molecule has 1 saturated heterocycles. The molecule has 1 aromatic rings. The average molecular weight is 398 g/mol. The summed E-state index contributed by atoms with van der Waals surface area (Å²) < 4.78 is 11.3. The molecule has 1 aliphatic heterocycles. The molecule has 1 fully saturated rings. The van der Waals surface area contributed by atoms with Gasteiger partial charge in [0.1, 0.15) is 17.4 Å². The van der Waals surface area contributed by atoms with Crippen LogP contribution in [0.4, 0.5) is 0 Å². The number of nitriles is 1. The molecule has 0 atom stereocenters. The summed E-state index contributed by atoms with van der Waals surface area (Å²) in [6, 6.07) is 7.51. The highest BCUT2D eigenvalue weighted by atomic mass is 127. The van der Waals surface area contributed by atoms with Crippen LogP contribution in [0.25, 0.3) is 6.08 Å². The van der Waals surface area contributed by atoms with Crippen LogP contribution >= 0.6 is 22.6 Å². The number of morpholine rings is 1. The largest absolute Gasteiger partial charge is 0.496 e. The number of carbonyl (C=O) groups is 1. The van der Waals surface area contributed by atoms with Crippen molar-refractivity contribution in [3.8, 4) is 11.8 Å². The summed E-state index contributed by atoms with van der Waals surface area (Å²) in [5, 5.41) is 9.23. The van der Waals surface area contributed by atoms with Crippen molar-refractivity contribution in [3.05, 3.63) is 32.9 Å². The molecule has 0 unspecified atom stereocenters. The fourth-order valence-electron chi connectivity index (χ4n) is 2.02. The first-order valence-corrected chi connectivity index (χ1v) is 7.56. The van der Waals surface area contributed by atoms with Crippen molar-refractivity contribution in [2.75, 3.05) is 33.4 Å². The molecule has 0 aromatic heterocycles. The lowest BCUT2D eigenvalue weighted by Gasteiger charge is -2.26. The maximum atomic E-state index is 12.3. The van der Waals surface area contributed by atoms with Crippen molar-refractivity contribution >= 4 is 34.6 Å². The standard InChI is InChI=1S/C15H15IN2O3/c1-20-14-3-2-11(9-13(14)16)8-12(10-17)15(19)18-4-6-21-7-5-18/h2-3,8-9H,4-7H2,1H3/b12-8-. The Balaban J connectivity index is 2.22. The molecular weight excluding hydrogens is 383 g/mol. The van der Waals surface area contributed by atoms with E-state index >= 15 is 0 Å². The second-order valence-electron chi connectivity index (χ2n) is 4.47. The Morgan fingerprint density at radius 3 is 2.76 bits per heavy atom. The number of hydrogen-bond acceptors (Lipinski definition) is 4. The Labute approximate surface area is 137 Å². The van der Waals surface area contributed by atoms with E-state index in [0.29, 0.717) is 26.3 Å². The van der Waals surface area contributed by atoms with Gasteiger partial charge in [-0.25, -0.2) is 0 Å². The van der Waals surface area contributed by atoms with E-state index < -0.39 is 0 Å². The molecule has 0 aliphatic carbocycles. The molecule has 1 aromatic carbocycles. The minimum atomic E-state index is -0.244. The van der Waals surface area contributed by atoms with Crippen LogP contribution < -0.4 is 4.74 Å². The fourth-order valence-corrected chi connectivity index (χ4v) is 2.78. The monoisotopic (exact) mass is 398 g/mol. The number of methoxy groups -OCH3 is 1. The quantitative estimate of drug-likeness (QED) is 0.445. The molecule has 110 valence electrons.